The zero-order valence-corrected chi connectivity index (χ0v) is 18.3. The maximum absolute atomic E-state index is 10.0. The number of ether oxygens (including phenoxy) is 1. The standard InChI is InChI=1S/C19H24ClN3O2.HI/c1-21-19(23(2)13-14-4-7-16(20)8-5-14)22-11-10-15-6-9-17(25-3)12-18(15)24;/h4-9,12,24H,10-11,13H2,1-3H3,(H,21,22);1H. The van der Waals surface area contributed by atoms with Crippen LogP contribution in [0.2, 0.25) is 5.02 Å². The first kappa shape index (κ1) is 22.4. The fourth-order valence-electron chi connectivity index (χ4n) is 2.51. The molecule has 26 heavy (non-hydrogen) atoms. The van der Waals surface area contributed by atoms with E-state index in [-0.39, 0.29) is 29.7 Å². The summed E-state index contributed by atoms with van der Waals surface area (Å²) < 4.78 is 5.10. The van der Waals surface area contributed by atoms with Gasteiger partial charge in [-0.05, 0) is 35.7 Å². The lowest BCUT2D eigenvalue weighted by atomic mass is 10.1. The molecule has 0 aliphatic heterocycles. The molecule has 2 N–H and O–H groups in total. The maximum Gasteiger partial charge on any atom is 0.193 e. The van der Waals surface area contributed by atoms with Gasteiger partial charge < -0.3 is 20.1 Å². The summed E-state index contributed by atoms with van der Waals surface area (Å²) in [6.07, 6.45) is 0.684. The van der Waals surface area contributed by atoms with Crippen molar-refractivity contribution >= 4 is 41.5 Å². The third-order valence-electron chi connectivity index (χ3n) is 3.88. The molecule has 0 unspecified atom stereocenters. The number of aromatic hydroxyl groups is 1. The van der Waals surface area contributed by atoms with Gasteiger partial charge in [-0.2, -0.15) is 0 Å². The molecule has 0 radical (unpaired) electrons. The predicted molar refractivity (Wildman–Crippen MR) is 118 cm³/mol. The van der Waals surface area contributed by atoms with Crippen LogP contribution in [0.1, 0.15) is 11.1 Å². The topological polar surface area (TPSA) is 57.1 Å². The van der Waals surface area contributed by atoms with Crippen molar-refractivity contribution in [3.8, 4) is 11.5 Å². The van der Waals surface area contributed by atoms with E-state index in [2.05, 4.69) is 10.3 Å². The van der Waals surface area contributed by atoms with Crippen molar-refractivity contribution < 1.29 is 9.84 Å². The molecule has 142 valence electrons. The summed E-state index contributed by atoms with van der Waals surface area (Å²) in [6.45, 7) is 1.39. The molecule has 7 heteroatoms. The Hall–Kier alpha value is -1.67. The highest BCUT2D eigenvalue weighted by atomic mass is 127. The van der Waals surface area contributed by atoms with Gasteiger partial charge in [-0.25, -0.2) is 0 Å². The zero-order chi connectivity index (χ0) is 18.2. The third-order valence-corrected chi connectivity index (χ3v) is 4.13. The molecule has 0 bridgehead atoms. The second-order valence-electron chi connectivity index (χ2n) is 5.70. The fraction of sp³-hybridized carbons (Fsp3) is 0.316. The minimum atomic E-state index is 0. The van der Waals surface area contributed by atoms with Crippen molar-refractivity contribution in [1.82, 2.24) is 10.2 Å². The van der Waals surface area contributed by atoms with Crippen LogP contribution in [0, 0.1) is 0 Å². The molecule has 0 saturated heterocycles. The Morgan fingerprint density at radius 1 is 1.23 bits per heavy atom. The van der Waals surface area contributed by atoms with Crippen molar-refractivity contribution in [2.24, 2.45) is 4.99 Å². The summed E-state index contributed by atoms with van der Waals surface area (Å²) in [5, 5.41) is 14.1. The Bertz CT molecular complexity index is 723. The number of phenolic OH excluding ortho intramolecular Hbond substituents is 1. The largest absolute Gasteiger partial charge is 0.508 e. The summed E-state index contributed by atoms with van der Waals surface area (Å²) in [5.74, 6) is 1.68. The first-order chi connectivity index (χ1) is 12.0. The number of guanidine groups is 1. The number of halogens is 2. The van der Waals surface area contributed by atoms with Crippen LogP contribution in [0.4, 0.5) is 0 Å². The molecule has 0 aliphatic rings. The average Bonchev–Trinajstić information content (AvgIpc) is 2.61. The van der Waals surface area contributed by atoms with Gasteiger partial charge in [0.2, 0.25) is 0 Å². The van der Waals surface area contributed by atoms with Crippen LogP contribution in [-0.4, -0.2) is 43.7 Å². The van der Waals surface area contributed by atoms with Crippen molar-refractivity contribution in [3.05, 3.63) is 58.6 Å². The van der Waals surface area contributed by atoms with Crippen LogP contribution >= 0.6 is 35.6 Å². The lowest BCUT2D eigenvalue weighted by Crippen LogP contribution is -2.39. The summed E-state index contributed by atoms with van der Waals surface area (Å²) in [5.41, 5.74) is 2.02. The van der Waals surface area contributed by atoms with Gasteiger partial charge in [0.1, 0.15) is 11.5 Å². The van der Waals surface area contributed by atoms with Gasteiger partial charge in [0.25, 0.3) is 0 Å². The Labute approximate surface area is 177 Å². The third kappa shape index (κ3) is 6.57. The number of hydrogen-bond donors (Lipinski definition) is 2. The van der Waals surface area contributed by atoms with Crippen LogP contribution in [-0.2, 0) is 13.0 Å². The molecule has 0 spiro atoms. The quantitative estimate of drug-likeness (QED) is 0.367. The number of benzene rings is 2. The summed E-state index contributed by atoms with van der Waals surface area (Å²) in [7, 11) is 5.32. The van der Waals surface area contributed by atoms with Gasteiger partial charge in [-0.15, -0.1) is 24.0 Å². The summed E-state index contributed by atoms with van der Waals surface area (Å²) in [6, 6.07) is 13.1. The van der Waals surface area contributed by atoms with Crippen LogP contribution in [0.3, 0.4) is 0 Å². The van der Waals surface area contributed by atoms with Gasteiger partial charge in [0, 0.05) is 38.3 Å². The van der Waals surface area contributed by atoms with Gasteiger partial charge in [0.15, 0.2) is 5.96 Å². The van der Waals surface area contributed by atoms with E-state index < -0.39 is 0 Å². The molecule has 2 aromatic rings. The molecular weight excluding hydrogens is 465 g/mol. The van der Waals surface area contributed by atoms with Crippen molar-refractivity contribution in [3.63, 3.8) is 0 Å². The molecule has 2 aromatic carbocycles. The summed E-state index contributed by atoms with van der Waals surface area (Å²) >= 11 is 5.92. The van der Waals surface area contributed by atoms with E-state index in [1.165, 1.54) is 0 Å². The number of hydrogen-bond acceptors (Lipinski definition) is 3. The maximum atomic E-state index is 10.0. The Morgan fingerprint density at radius 3 is 2.50 bits per heavy atom. The average molecular weight is 490 g/mol. The van der Waals surface area contributed by atoms with Crippen LogP contribution in [0.25, 0.3) is 0 Å². The minimum absolute atomic E-state index is 0. The van der Waals surface area contributed by atoms with Gasteiger partial charge >= 0.3 is 0 Å². The van der Waals surface area contributed by atoms with Crippen LogP contribution < -0.4 is 10.1 Å². The van der Waals surface area contributed by atoms with Crippen molar-refractivity contribution in [1.29, 1.82) is 0 Å². The molecule has 0 amide bonds. The molecule has 0 atom stereocenters. The van der Waals surface area contributed by atoms with Gasteiger partial charge in [-0.1, -0.05) is 29.8 Å². The highest BCUT2D eigenvalue weighted by Crippen LogP contribution is 2.23. The monoisotopic (exact) mass is 489 g/mol. The van der Waals surface area contributed by atoms with Crippen molar-refractivity contribution in [2.45, 2.75) is 13.0 Å². The number of nitrogens with one attached hydrogen (secondary N) is 1. The number of phenols is 1. The van der Waals surface area contributed by atoms with E-state index in [1.807, 2.05) is 48.3 Å². The smallest absolute Gasteiger partial charge is 0.193 e. The Morgan fingerprint density at radius 2 is 1.92 bits per heavy atom. The molecule has 0 heterocycles. The second-order valence-corrected chi connectivity index (χ2v) is 6.14. The molecule has 0 aliphatic carbocycles. The van der Waals surface area contributed by atoms with Gasteiger partial charge in [-0.3, -0.25) is 4.99 Å². The van der Waals surface area contributed by atoms with Crippen molar-refractivity contribution in [2.75, 3.05) is 27.7 Å². The molecular formula is C19H25ClIN3O2. The normalized spacial score (nSPS) is 10.8. The lowest BCUT2D eigenvalue weighted by molar-refractivity contribution is 0.406. The highest BCUT2D eigenvalue weighted by molar-refractivity contribution is 14.0. The number of nitrogens with zero attached hydrogens (tertiary/aromatic N) is 2. The van der Waals surface area contributed by atoms with E-state index in [4.69, 9.17) is 16.3 Å². The molecule has 2 rings (SSSR count). The number of aliphatic imine (C=N–C) groups is 1. The number of rotatable bonds is 6. The van der Waals surface area contributed by atoms with E-state index in [0.29, 0.717) is 18.7 Å². The molecule has 0 fully saturated rings. The SMILES string of the molecule is CN=C(NCCc1ccc(OC)cc1O)N(C)Cc1ccc(Cl)cc1.I. The molecule has 5 nitrogen and oxygen atoms in total. The van der Waals surface area contributed by atoms with E-state index in [1.54, 1.807) is 20.2 Å². The predicted octanol–water partition coefficient (Wildman–Crippen LogP) is 3.92. The fourth-order valence-corrected chi connectivity index (χ4v) is 2.64. The first-order valence-electron chi connectivity index (χ1n) is 8.05. The Kier molecular flexibility index (Phi) is 9.58. The molecule has 0 aromatic heterocycles. The van der Waals surface area contributed by atoms with E-state index in [9.17, 15) is 5.11 Å². The van der Waals surface area contributed by atoms with Crippen LogP contribution in [0.5, 0.6) is 11.5 Å². The highest BCUT2D eigenvalue weighted by Gasteiger charge is 2.08. The van der Waals surface area contributed by atoms with E-state index in [0.717, 1.165) is 28.7 Å². The van der Waals surface area contributed by atoms with Crippen LogP contribution in [0.15, 0.2) is 47.5 Å². The minimum Gasteiger partial charge on any atom is -0.508 e. The Balaban J connectivity index is 0.00000338. The lowest BCUT2D eigenvalue weighted by Gasteiger charge is -2.22. The van der Waals surface area contributed by atoms with Gasteiger partial charge in [0.05, 0.1) is 7.11 Å². The summed E-state index contributed by atoms with van der Waals surface area (Å²) in [4.78, 5) is 6.34. The first-order valence-corrected chi connectivity index (χ1v) is 8.43. The molecule has 0 saturated carbocycles. The second kappa shape index (κ2) is 11.1. The van der Waals surface area contributed by atoms with E-state index >= 15 is 0 Å². The number of methoxy groups -OCH3 is 1. The zero-order valence-electron chi connectivity index (χ0n) is 15.2.